The van der Waals surface area contributed by atoms with Gasteiger partial charge in [-0.15, -0.1) is 13.2 Å². The fourth-order valence-corrected chi connectivity index (χ4v) is 1.66. The second kappa shape index (κ2) is 5.86. The highest BCUT2D eigenvalue weighted by atomic mass is 19.4. The maximum Gasteiger partial charge on any atom is 0.504 e. The van der Waals surface area contributed by atoms with Gasteiger partial charge in [-0.3, -0.25) is 5.32 Å². The minimum absolute atomic E-state index is 0.0269. The zero-order valence-corrected chi connectivity index (χ0v) is 11.0. The molecule has 112 valence electrons. The van der Waals surface area contributed by atoms with Crippen LogP contribution in [0.4, 0.5) is 23.7 Å². The summed E-state index contributed by atoms with van der Waals surface area (Å²) in [6.07, 6.45) is -4.55. The minimum Gasteiger partial charge on any atom is -0.444 e. The molecule has 0 saturated carbocycles. The smallest absolute Gasteiger partial charge is 0.444 e. The van der Waals surface area contributed by atoms with Crippen LogP contribution in [0, 0.1) is 6.92 Å². The Morgan fingerprint density at radius 3 is 2.57 bits per heavy atom. The highest BCUT2D eigenvalue weighted by molar-refractivity contribution is 5.85. The van der Waals surface area contributed by atoms with Crippen molar-refractivity contribution in [1.82, 2.24) is 9.78 Å². The fraction of sp³-hybridized carbons (Fsp3) is 0.231. The van der Waals surface area contributed by atoms with Crippen LogP contribution in [0.1, 0.15) is 11.3 Å². The number of amides is 1. The van der Waals surface area contributed by atoms with Gasteiger partial charge >= 0.3 is 12.4 Å². The van der Waals surface area contributed by atoms with Gasteiger partial charge in [-0.05, 0) is 12.5 Å². The Hall–Kier alpha value is -2.51. The van der Waals surface area contributed by atoms with E-state index in [1.54, 1.807) is 24.3 Å². The quantitative estimate of drug-likeness (QED) is 0.944. The van der Waals surface area contributed by atoms with Gasteiger partial charge in [-0.2, -0.15) is 9.78 Å². The molecular weight excluding hydrogens is 287 g/mol. The summed E-state index contributed by atoms with van der Waals surface area (Å²) in [4.78, 5) is 11.5. The first-order valence-electron chi connectivity index (χ1n) is 5.97. The standard InChI is InChI=1S/C13H12F3N3O2/c1-9-11(7-17-19(9)13(14,15)16)18-12(20)21-8-10-5-3-2-4-6-10/h2-7H,8H2,1H3,(H,18,20). The van der Waals surface area contributed by atoms with Gasteiger partial charge in [-0.25, -0.2) is 4.79 Å². The van der Waals surface area contributed by atoms with Crippen LogP contribution in [0.3, 0.4) is 0 Å². The lowest BCUT2D eigenvalue weighted by molar-refractivity contribution is -0.213. The van der Waals surface area contributed by atoms with E-state index in [9.17, 15) is 18.0 Å². The van der Waals surface area contributed by atoms with Crippen molar-refractivity contribution in [2.45, 2.75) is 19.8 Å². The molecule has 0 aliphatic rings. The number of hydrogen-bond acceptors (Lipinski definition) is 3. The molecule has 0 radical (unpaired) electrons. The first kappa shape index (κ1) is 14.9. The molecule has 1 aromatic heterocycles. The van der Waals surface area contributed by atoms with Gasteiger partial charge in [0.15, 0.2) is 0 Å². The number of nitrogens with one attached hydrogen (secondary N) is 1. The molecule has 5 nitrogen and oxygen atoms in total. The van der Waals surface area contributed by atoms with Crippen molar-refractivity contribution in [3.63, 3.8) is 0 Å². The average Bonchev–Trinajstić information content (AvgIpc) is 2.79. The van der Waals surface area contributed by atoms with E-state index in [0.29, 0.717) is 0 Å². The highest BCUT2D eigenvalue weighted by Crippen LogP contribution is 2.26. The molecule has 0 saturated heterocycles. The molecule has 1 amide bonds. The van der Waals surface area contributed by atoms with Crippen LogP contribution >= 0.6 is 0 Å². The highest BCUT2D eigenvalue weighted by Gasteiger charge is 2.34. The van der Waals surface area contributed by atoms with E-state index in [0.717, 1.165) is 11.8 Å². The Morgan fingerprint density at radius 1 is 1.33 bits per heavy atom. The lowest BCUT2D eigenvalue weighted by Gasteiger charge is -2.09. The summed E-state index contributed by atoms with van der Waals surface area (Å²) in [5, 5.41) is 5.41. The molecule has 8 heteroatoms. The van der Waals surface area contributed by atoms with Gasteiger partial charge in [0.05, 0.1) is 17.6 Å². The van der Waals surface area contributed by atoms with Crippen LogP contribution in [0.5, 0.6) is 0 Å². The third-order valence-electron chi connectivity index (χ3n) is 2.70. The van der Waals surface area contributed by atoms with E-state index in [1.807, 2.05) is 6.07 Å². The summed E-state index contributed by atoms with van der Waals surface area (Å²) in [6.45, 7) is 1.23. The number of carbonyl (C=O) groups is 1. The number of aromatic nitrogens is 2. The molecule has 1 heterocycles. The fourth-order valence-electron chi connectivity index (χ4n) is 1.66. The second-order valence-electron chi connectivity index (χ2n) is 4.21. The number of anilines is 1. The predicted octanol–water partition coefficient (Wildman–Crippen LogP) is 3.42. The number of carbonyl (C=O) groups excluding carboxylic acids is 1. The van der Waals surface area contributed by atoms with Crippen molar-refractivity contribution in [2.24, 2.45) is 0 Å². The number of rotatable bonds is 3. The predicted molar refractivity (Wildman–Crippen MR) is 68.5 cm³/mol. The van der Waals surface area contributed by atoms with Crippen LogP contribution in [0.15, 0.2) is 36.5 Å². The molecular formula is C13H12F3N3O2. The molecule has 1 aromatic carbocycles. The Labute approximate surface area is 118 Å². The van der Waals surface area contributed by atoms with Crippen LogP contribution in [0.25, 0.3) is 0 Å². The lowest BCUT2D eigenvalue weighted by atomic mass is 10.2. The van der Waals surface area contributed by atoms with Crippen molar-refractivity contribution in [3.8, 4) is 0 Å². The summed E-state index contributed by atoms with van der Waals surface area (Å²) in [7, 11) is 0. The number of ether oxygens (including phenoxy) is 1. The van der Waals surface area contributed by atoms with E-state index in [4.69, 9.17) is 4.74 Å². The molecule has 0 aliphatic heterocycles. The first-order chi connectivity index (χ1) is 9.88. The normalized spacial score (nSPS) is 11.2. The van der Waals surface area contributed by atoms with E-state index in [1.165, 1.54) is 6.92 Å². The van der Waals surface area contributed by atoms with Crippen molar-refractivity contribution in [3.05, 3.63) is 47.8 Å². The van der Waals surface area contributed by atoms with E-state index in [2.05, 4.69) is 10.4 Å². The zero-order valence-electron chi connectivity index (χ0n) is 11.0. The molecule has 2 aromatic rings. The second-order valence-corrected chi connectivity index (χ2v) is 4.21. The summed E-state index contributed by atoms with van der Waals surface area (Å²) in [6, 6.07) is 8.92. The molecule has 0 spiro atoms. The third kappa shape index (κ3) is 3.74. The van der Waals surface area contributed by atoms with Gasteiger partial charge in [0.25, 0.3) is 0 Å². The number of hydrogen-bond donors (Lipinski definition) is 1. The number of alkyl halides is 3. The molecule has 0 fully saturated rings. The van der Waals surface area contributed by atoms with Crippen molar-refractivity contribution < 1.29 is 22.7 Å². The van der Waals surface area contributed by atoms with Crippen LogP contribution < -0.4 is 5.32 Å². The maximum absolute atomic E-state index is 12.5. The molecule has 2 rings (SSSR count). The van der Waals surface area contributed by atoms with Gasteiger partial charge in [0.1, 0.15) is 6.61 Å². The van der Waals surface area contributed by atoms with Gasteiger partial charge in [0, 0.05) is 0 Å². The molecule has 0 atom stereocenters. The Bertz CT molecular complexity index is 623. The monoisotopic (exact) mass is 299 g/mol. The number of benzene rings is 1. The van der Waals surface area contributed by atoms with E-state index in [-0.39, 0.29) is 22.7 Å². The summed E-state index contributed by atoms with van der Waals surface area (Å²) >= 11 is 0. The molecule has 1 N–H and O–H groups in total. The number of nitrogens with zero attached hydrogens (tertiary/aromatic N) is 2. The minimum atomic E-state index is -4.63. The molecule has 0 bridgehead atoms. The van der Waals surface area contributed by atoms with Gasteiger partial charge in [0.2, 0.25) is 0 Å². The Morgan fingerprint density at radius 2 is 2.00 bits per heavy atom. The average molecular weight is 299 g/mol. The summed E-state index contributed by atoms with van der Waals surface area (Å²) in [5.74, 6) is 0. The molecule has 0 aliphatic carbocycles. The van der Waals surface area contributed by atoms with E-state index >= 15 is 0 Å². The first-order valence-corrected chi connectivity index (χ1v) is 5.97. The lowest BCUT2D eigenvalue weighted by Crippen LogP contribution is -2.20. The molecule has 0 unspecified atom stereocenters. The van der Waals surface area contributed by atoms with Crippen LogP contribution in [-0.2, 0) is 17.6 Å². The molecule has 21 heavy (non-hydrogen) atoms. The maximum atomic E-state index is 12.5. The van der Waals surface area contributed by atoms with Gasteiger partial charge in [-0.1, -0.05) is 30.3 Å². The van der Waals surface area contributed by atoms with E-state index < -0.39 is 12.4 Å². The Kier molecular flexibility index (Phi) is 4.15. The largest absolute Gasteiger partial charge is 0.504 e. The van der Waals surface area contributed by atoms with Crippen molar-refractivity contribution in [1.29, 1.82) is 0 Å². The topological polar surface area (TPSA) is 56.1 Å². The zero-order chi connectivity index (χ0) is 15.5. The summed E-state index contributed by atoms with van der Waals surface area (Å²) in [5.41, 5.74) is 0.500. The summed E-state index contributed by atoms with van der Waals surface area (Å²) < 4.78 is 42.4. The van der Waals surface area contributed by atoms with Crippen molar-refractivity contribution >= 4 is 11.8 Å². The van der Waals surface area contributed by atoms with Crippen LogP contribution in [0.2, 0.25) is 0 Å². The van der Waals surface area contributed by atoms with Crippen molar-refractivity contribution in [2.75, 3.05) is 5.32 Å². The number of halogens is 3. The third-order valence-corrected chi connectivity index (χ3v) is 2.70. The van der Waals surface area contributed by atoms with Gasteiger partial charge < -0.3 is 4.74 Å². The Balaban J connectivity index is 1.96. The van der Waals surface area contributed by atoms with Crippen LogP contribution in [-0.4, -0.2) is 15.9 Å². The SMILES string of the molecule is Cc1c(NC(=O)OCc2ccccc2)cnn1C(F)(F)F.